The minimum absolute atomic E-state index is 0.0390. The number of rotatable bonds is 5. The molecule has 1 saturated heterocycles. The van der Waals surface area contributed by atoms with Crippen LogP contribution in [0.2, 0.25) is 0 Å². The first-order valence-electron chi connectivity index (χ1n) is 8.12. The molecule has 2 amide bonds. The molecule has 0 bridgehead atoms. The van der Waals surface area contributed by atoms with Gasteiger partial charge in [-0.05, 0) is 24.1 Å². The molecule has 0 aliphatic carbocycles. The summed E-state index contributed by atoms with van der Waals surface area (Å²) in [5.74, 6) is -0.310. The van der Waals surface area contributed by atoms with Crippen molar-refractivity contribution in [1.29, 1.82) is 0 Å². The van der Waals surface area contributed by atoms with E-state index in [0.717, 1.165) is 11.1 Å². The maximum absolute atomic E-state index is 12.3. The Morgan fingerprint density at radius 3 is 2.75 bits per heavy atom. The largest absolute Gasteiger partial charge is 0.352 e. The van der Waals surface area contributed by atoms with E-state index in [1.54, 1.807) is 17.3 Å². The fraction of sp³-hybridized carbons (Fsp3) is 0.316. The quantitative estimate of drug-likeness (QED) is 0.916. The van der Waals surface area contributed by atoms with Gasteiger partial charge in [0.15, 0.2) is 0 Å². The van der Waals surface area contributed by atoms with E-state index in [4.69, 9.17) is 0 Å². The van der Waals surface area contributed by atoms with Crippen molar-refractivity contribution in [3.8, 4) is 0 Å². The van der Waals surface area contributed by atoms with E-state index in [-0.39, 0.29) is 24.2 Å². The van der Waals surface area contributed by atoms with Crippen molar-refractivity contribution in [3.63, 3.8) is 0 Å². The molecule has 1 aromatic heterocycles. The number of carbonyl (C=O) groups excluding carboxylic acids is 2. The molecule has 1 fully saturated rings. The van der Waals surface area contributed by atoms with Gasteiger partial charge in [0.25, 0.3) is 0 Å². The second-order valence-electron chi connectivity index (χ2n) is 6.24. The zero-order chi connectivity index (χ0) is 16.9. The van der Waals surface area contributed by atoms with Crippen LogP contribution in [0.15, 0.2) is 48.8 Å². The molecule has 5 heteroatoms. The third-order valence-corrected chi connectivity index (χ3v) is 4.27. The minimum Gasteiger partial charge on any atom is -0.352 e. The van der Waals surface area contributed by atoms with Gasteiger partial charge in [0.1, 0.15) is 0 Å². The number of aromatic nitrogens is 1. The number of amides is 2. The summed E-state index contributed by atoms with van der Waals surface area (Å²) in [6, 6.07) is 11.9. The molecule has 0 radical (unpaired) electrons. The zero-order valence-corrected chi connectivity index (χ0v) is 13.7. The molecule has 1 aliphatic rings. The predicted octanol–water partition coefficient (Wildman–Crippen LogP) is 2.05. The van der Waals surface area contributed by atoms with E-state index in [1.807, 2.05) is 43.3 Å². The van der Waals surface area contributed by atoms with Gasteiger partial charge in [0.05, 0.1) is 5.92 Å². The second-order valence-corrected chi connectivity index (χ2v) is 6.24. The summed E-state index contributed by atoms with van der Waals surface area (Å²) in [6.45, 7) is 3.51. The van der Waals surface area contributed by atoms with Gasteiger partial charge in [-0.15, -0.1) is 0 Å². The minimum atomic E-state index is -0.278. The Hall–Kier alpha value is -2.69. The highest BCUT2D eigenvalue weighted by molar-refractivity contribution is 5.89. The highest BCUT2D eigenvalue weighted by atomic mass is 16.2. The Kier molecular flexibility index (Phi) is 4.89. The van der Waals surface area contributed by atoms with Gasteiger partial charge in [0, 0.05) is 38.4 Å². The van der Waals surface area contributed by atoms with Crippen molar-refractivity contribution in [1.82, 2.24) is 15.2 Å². The van der Waals surface area contributed by atoms with Crippen molar-refractivity contribution in [3.05, 3.63) is 65.5 Å². The Morgan fingerprint density at radius 2 is 2.04 bits per heavy atom. The van der Waals surface area contributed by atoms with Crippen molar-refractivity contribution in [2.45, 2.75) is 26.4 Å². The lowest BCUT2D eigenvalue weighted by molar-refractivity contribution is -0.129. The molecule has 1 atom stereocenters. The topological polar surface area (TPSA) is 62.3 Å². The lowest BCUT2D eigenvalue weighted by Crippen LogP contribution is -2.32. The number of aryl methyl sites for hydroxylation is 1. The molecule has 124 valence electrons. The number of pyridine rings is 1. The molecule has 0 spiro atoms. The summed E-state index contributed by atoms with van der Waals surface area (Å²) >= 11 is 0. The smallest absolute Gasteiger partial charge is 0.225 e. The van der Waals surface area contributed by atoms with Gasteiger partial charge >= 0.3 is 0 Å². The number of hydrogen-bond donors (Lipinski definition) is 1. The molecule has 24 heavy (non-hydrogen) atoms. The van der Waals surface area contributed by atoms with Crippen LogP contribution >= 0.6 is 0 Å². The fourth-order valence-corrected chi connectivity index (χ4v) is 2.85. The van der Waals surface area contributed by atoms with Crippen molar-refractivity contribution in [2.75, 3.05) is 6.54 Å². The van der Waals surface area contributed by atoms with Crippen LogP contribution in [0, 0.1) is 12.8 Å². The Labute approximate surface area is 141 Å². The molecule has 1 N–H and O–H groups in total. The van der Waals surface area contributed by atoms with Gasteiger partial charge < -0.3 is 10.2 Å². The van der Waals surface area contributed by atoms with Gasteiger partial charge in [0.2, 0.25) is 11.8 Å². The van der Waals surface area contributed by atoms with Crippen LogP contribution in [0.25, 0.3) is 0 Å². The molecule has 0 unspecified atom stereocenters. The van der Waals surface area contributed by atoms with E-state index in [0.29, 0.717) is 19.6 Å². The normalized spacial score (nSPS) is 17.1. The number of nitrogens with one attached hydrogen (secondary N) is 1. The summed E-state index contributed by atoms with van der Waals surface area (Å²) in [7, 11) is 0. The molecule has 0 saturated carbocycles. The third kappa shape index (κ3) is 3.98. The summed E-state index contributed by atoms with van der Waals surface area (Å²) in [4.78, 5) is 30.3. The van der Waals surface area contributed by atoms with Crippen LogP contribution in [0.4, 0.5) is 0 Å². The van der Waals surface area contributed by atoms with Crippen LogP contribution in [-0.4, -0.2) is 28.2 Å². The van der Waals surface area contributed by atoms with Crippen LogP contribution in [-0.2, 0) is 22.7 Å². The molecule has 2 aromatic rings. The number of hydrogen-bond acceptors (Lipinski definition) is 3. The first-order valence-corrected chi connectivity index (χ1v) is 8.12. The molecular formula is C19H21N3O2. The Morgan fingerprint density at radius 1 is 1.25 bits per heavy atom. The Bertz CT molecular complexity index is 713. The number of carbonyl (C=O) groups is 2. The molecule has 5 nitrogen and oxygen atoms in total. The predicted molar refractivity (Wildman–Crippen MR) is 90.8 cm³/mol. The maximum Gasteiger partial charge on any atom is 0.225 e. The standard InChI is InChI=1S/C19H21N3O2/c1-14-4-6-15(7-5-14)12-22-13-17(9-18(22)23)19(24)21-11-16-3-2-8-20-10-16/h2-8,10,17H,9,11-13H2,1H3,(H,21,24)/t17-/m0/s1. The van der Waals surface area contributed by atoms with Crippen molar-refractivity contribution in [2.24, 2.45) is 5.92 Å². The first kappa shape index (κ1) is 16.2. The number of nitrogens with zero attached hydrogens (tertiary/aromatic N) is 2. The fourth-order valence-electron chi connectivity index (χ4n) is 2.85. The molecule has 2 heterocycles. The van der Waals surface area contributed by atoms with Gasteiger partial charge in [-0.3, -0.25) is 14.6 Å². The highest BCUT2D eigenvalue weighted by Gasteiger charge is 2.34. The lowest BCUT2D eigenvalue weighted by atomic mass is 10.1. The SMILES string of the molecule is Cc1ccc(CN2C[C@@H](C(=O)NCc3cccnc3)CC2=O)cc1. The van der Waals surface area contributed by atoms with Crippen molar-refractivity contribution < 1.29 is 9.59 Å². The summed E-state index contributed by atoms with van der Waals surface area (Å²) in [5.41, 5.74) is 3.23. The van der Waals surface area contributed by atoms with Crippen LogP contribution in [0.3, 0.4) is 0 Å². The summed E-state index contributed by atoms with van der Waals surface area (Å²) in [6.07, 6.45) is 3.71. The summed E-state index contributed by atoms with van der Waals surface area (Å²) < 4.78 is 0. The highest BCUT2D eigenvalue weighted by Crippen LogP contribution is 2.20. The van der Waals surface area contributed by atoms with E-state index in [1.165, 1.54) is 5.56 Å². The lowest BCUT2D eigenvalue weighted by Gasteiger charge is -2.17. The number of benzene rings is 1. The molecule has 1 aliphatic heterocycles. The van der Waals surface area contributed by atoms with E-state index >= 15 is 0 Å². The summed E-state index contributed by atoms with van der Waals surface area (Å²) in [5, 5.41) is 2.90. The van der Waals surface area contributed by atoms with Gasteiger partial charge in [-0.2, -0.15) is 0 Å². The second kappa shape index (κ2) is 7.25. The van der Waals surface area contributed by atoms with Crippen LogP contribution in [0.5, 0.6) is 0 Å². The zero-order valence-electron chi connectivity index (χ0n) is 13.7. The third-order valence-electron chi connectivity index (χ3n) is 4.27. The van der Waals surface area contributed by atoms with Crippen LogP contribution < -0.4 is 5.32 Å². The molecular weight excluding hydrogens is 302 g/mol. The molecule has 1 aromatic carbocycles. The monoisotopic (exact) mass is 323 g/mol. The maximum atomic E-state index is 12.3. The van der Waals surface area contributed by atoms with E-state index in [2.05, 4.69) is 10.3 Å². The van der Waals surface area contributed by atoms with E-state index in [9.17, 15) is 9.59 Å². The Balaban J connectivity index is 1.53. The average Bonchev–Trinajstić information content (AvgIpc) is 2.96. The van der Waals surface area contributed by atoms with Crippen LogP contribution in [0.1, 0.15) is 23.1 Å². The van der Waals surface area contributed by atoms with Gasteiger partial charge in [-0.1, -0.05) is 35.9 Å². The van der Waals surface area contributed by atoms with E-state index < -0.39 is 0 Å². The van der Waals surface area contributed by atoms with Gasteiger partial charge in [-0.25, -0.2) is 0 Å². The average molecular weight is 323 g/mol. The first-order chi connectivity index (χ1) is 11.6. The van der Waals surface area contributed by atoms with Crippen molar-refractivity contribution >= 4 is 11.8 Å². The number of likely N-dealkylation sites (tertiary alicyclic amines) is 1. The molecule has 3 rings (SSSR count).